The maximum Gasteiger partial charge on any atom is 0.270 e. The minimum absolute atomic E-state index is 0. The molecular weight excluding hydrogens is 368 g/mol. The summed E-state index contributed by atoms with van der Waals surface area (Å²) >= 11 is 0. The van der Waals surface area contributed by atoms with Crippen LogP contribution in [0.1, 0.15) is 12.0 Å². The van der Waals surface area contributed by atoms with E-state index in [1.54, 1.807) is 6.92 Å². The third-order valence-corrected chi connectivity index (χ3v) is 6.80. The molecule has 1 aromatic rings. The van der Waals surface area contributed by atoms with E-state index in [2.05, 4.69) is 10.2 Å². The van der Waals surface area contributed by atoms with Gasteiger partial charge >= 0.3 is 0 Å². The first-order chi connectivity index (χ1) is 11.4. The first kappa shape index (κ1) is 20.1. The summed E-state index contributed by atoms with van der Waals surface area (Å²) < 4.78 is 27.3. The largest absolute Gasteiger partial charge is 0.314 e. The summed E-state index contributed by atoms with van der Waals surface area (Å²) in [6.45, 7) is 6.27. The van der Waals surface area contributed by atoms with Crippen LogP contribution in [-0.2, 0) is 10.0 Å². The van der Waals surface area contributed by atoms with Crippen LogP contribution in [0.3, 0.4) is 0 Å². The summed E-state index contributed by atoms with van der Waals surface area (Å²) in [6.07, 6.45) is 0.799. The van der Waals surface area contributed by atoms with E-state index in [-0.39, 0.29) is 29.0 Å². The fourth-order valence-electron chi connectivity index (χ4n) is 3.39. The van der Waals surface area contributed by atoms with Crippen LogP contribution in [0, 0.1) is 17.0 Å². The number of nitrogens with zero attached hydrogens (tertiary/aromatic N) is 3. The number of nitrogens with one attached hydrogen (secondary N) is 1. The summed E-state index contributed by atoms with van der Waals surface area (Å²) in [5.74, 6) is 0. The molecule has 0 bridgehead atoms. The van der Waals surface area contributed by atoms with E-state index < -0.39 is 14.9 Å². The van der Waals surface area contributed by atoms with Gasteiger partial charge in [0.15, 0.2) is 0 Å². The van der Waals surface area contributed by atoms with E-state index in [1.807, 2.05) is 0 Å². The smallest absolute Gasteiger partial charge is 0.270 e. The summed E-state index contributed by atoms with van der Waals surface area (Å²) in [5, 5.41) is 14.2. The molecule has 1 aromatic carbocycles. The molecule has 0 aliphatic carbocycles. The van der Waals surface area contributed by atoms with Crippen molar-refractivity contribution < 1.29 is 13.3 Å². The predicted octanol–water partition coefficient (Wildman–Crippen LogP) is 0.993. The van der Waals surface area contributed by atoms with Gasteiger partial charge in [-0.05, 0) is 18.9 Å². The second-order valence-corrected chi connectivity index (χ2v) is 8.20. The normalized spacial score (nSPS) is 22.5. The standard InChI is InChI=1S/C15H22N4O4S.ClH/c1-12-2-3-13(19(20)21)10-15(12)24(22,23)18-7-4-14(11-18)17-8-5-16-6-9-17;/h2-3,10,14,16H,4-9,11H2,1H3;1H. The molecule has 2 heterocycles. The van der Waals surface area contributed by atoms with Crippen LogP contribution < -0.4 is 5.32 Å². The third kappa shape index (κ3) is 4.12. The minimum atomic E-state index is -3.71. The van der Waals surface area contributed by atoms with Crippen molar-refractivity contribution >= 4 is 28.1 Å². The van der Waals surface area contributed by atoms with Crippen molar-refractivity contribution in [3.8, 4) is 0 Å². The van der Waals surface area contributed by atoms with Gasteiger partial charge in [0.1, 0.15) is 0 Å². The quantitative estimate of drug-likeness (QED) is 0.608. The van der Waals surface area contributed by atoms with Crippen LogP contribution >= 0.6 is 12.4 Å². The zero-order chi connectivity index (χ0) is 17.3. The highest BCUT2D eigenvalue weighted by molar-refractivity contribution is 7.89. The van der Waals surface area contributed by atoms with Crippen LogP contribution in [0.5, 0.6) is 0 Å². The Bertz CT molecular complexity index is 737. The predicted molar refractivity (Wildman–Crippen MR) is 96.7 cm³/mol. The van der Waals surface area contributed by atoms with Gasteiger partial charge in [-0.15, -0.1) is 12.4 Å². The van der Waals surface area contributed by atoms with Crippen LogP contribution in [0.25, 0.3) is 0 Å². The van der Waals surface area contributed by atoms with Gasteiger partial charge in [-0.3, -0.25) is 15.0 Å². The van der Waals surface area contributed by atoms with Gasteiger partial charge < -0.3 is 5.32 Å². The van der Waals surface area contributed by atoms with E-state index in [4.69, 9.17) is 0 Å². The molecule has 1 N–H and O–H groups in total. The molecule has 1 unspecified atom stereocenters. The Balaban J connectivity index is 0.00000225. The molecule has 25 heavy (non-hydrogen) atoms. The molecule has 8 nitrogen and oxygen atoms in total. The molecule has 3 rings (SSSR count). The Labute approximate surface area is 153 Å². The van der Waals surface area contributed by atoms with Crippen molar-refractivity contribution in [2.75, 3.05) is 39.3 Å². The van der Waals surface area contributed by atoms with Crippen molar-refractivity contribution in [1.82, 2.24) is 14.5 Å². The fraction of sp³-hybridized carbons (Fsp3) is 0.600. The lowest BCUT2D eigenvalue weighted by Crippen LogP contribution is -2.49. The molecule has 2 aliphatic heterocycles. The highest BCUT2D eigenvalue weighted by Crippen LogP contribution is 2.28. The van der Waals surface area contributed by atoms with Gasteiger partial charge in [-0.1, -0.05) is 6.07 Å². The average Bonchev–Trinajstić information content (AvgIpc) is 3.06. The Hall–Kier alpha value is -1.26. The number of aryl methyl sites for hydroxylation is 1. The van der Waals surface area contributed by atoms with E-state index in [9.17, 15) is 18.5 Å². The number of non-ortho nitro benzene ring substituents is 1. The van der Waals surface area contributed by atoms with Crippen molar-refractivity contribution in [1.29, 1.82) is 0 Å². The van der Waals surface area contributed by atoms with Gasteiger partial charge in [0.05, 0.1) is 9.82 Å². The molecule has 1 atom stereocenters. The van der Waals surface area contributed by atoms with E-state index in [1.165, 1.54) is 22.5 Å². The fourth-order valence-corrected chi connectivity index (χ4v) is 5.13. The Morgan fingerprint density at radius 3 is 2.56 bits per heavy atom. The van der Waals surface area contributed by atoms with E-state index >= 15 is 0 Å². The van der Waals surface area contributed by atoms with Crippen molar-refractivity contribution in [2.24, 2.45) is 0 Å². The molecule has 0 amide bonds. The SMILES string of the molecule is Cc1ccc([N+](=O)[O-])cc1S(=O)(=O)N1CCC(N2CCNCC2)C1.Cl. The number of piperazine rings is 1. The third-order valence-electron chi connectivity index (χ3n) is 4.79. The number of halogens is 1. The first-order valence-electron chi connectivity index (χ1n) is 8.09. The van der Waals surface area contributed by atoms with Crippen LogP contribution in [-0.4, -0.2) is 67.9 Å². The Morgan fingerprint density at radius 2 is 1.92 bits per heavy atom. The number of rotatable bonds is 4. The zero-order valence-corrected chi connectivity index (χ0v) is 15.7. The second-order valence-electron chi connectivity index (χ2n) is 6.30. The molecule has 140 valence electrons. The van der Waals surface area contributed by atoms with Gasteiger partial charge in [-0.2, -0.15) is 4.31 Å². The highest BCUT2D eigenvalue weighted by Gasteiger charge is 2.36. The number of sulfonamides is 1. The molecular formula is C15H23ClN4O4S. The monoisotopic (exact) mass is 390 g/mol. The number of benzene rings is 1. The lowest BCUT2D eigenvalue weighted by Gasteiger charge is -2.32. The van der Waals surface area contributed by atoms with E-state index in [0.717, 1.165) is 32.6 Å². The van der Waals surface area contributed by atoms with Crippen molar-refractivity contribution in [3.05, 3.63) is 33.9 Å². The van der Waals surface area contributed by atoms with Gasteiger partial charge in [0.25, 0.3) is 5.69 Å². The summed E-state index contributed by atoms with van der Waals surface area (Å²) in [7, 11) is -3.71. The molecule has 0 spiro atoms. The molecule has 2 fully saturated rings. The maximum atomic E-state index is 12.9. The molecule has 0 saturated carbocycles. The average molecular weight is 391 g/mol. The topological polar surface area (TPSA) is 95.8 Å². The molecule has 2 aliphatic rings. The maximum absolute atomic E-state index is 12.9. The Kier molecular flexibility index (Phi) is 6.39. The summed E-state index contributed by atoms with van der Waals surface area (Å²) in [6, 6.07) is 4.22. The van der Waals surface area contributed by atoms with Crippen LogP contribution in [0.2, 0.25) is 0 Å². The van der Waals surface area contributed by atoms with Gasteiger partial charge in [0, 0.05) is 57.4 Å². The summed E-state index contributed by atoms with van der Waals surface area (Å²) in [5.41, 5.74) is 0.336. The van der Waals surface area contributed by atoms with E-state index in [0.29, 0.717) is 18.7 Å². The highest BCUT2D eigenvalue weighted by atomic mass is 35.5. The summed E-state index contributed by atoms with van der Waals surface area (Å²) in [4.78, 5) is 12.8. The minimum Gasteiger partial charge on any atom is -0.314 e. The lowest BCUT2D eigenvalue weighted by molar-refractivity contribution is -0.385. The molecule has 0 radical (unpaired) electrons. The Morgan fingerprint density at radius 1 is 1.24 bits per heavy atom. The second kappa shape index (κ2) is 7.96. The number of nitro benzene ring substituents is 1. The zero-order valence-electron chi connectivity index (χ0n) is 14.1. The van der Waals surface area contributed by atoms with Crippen LogP contribution in [0.15, 0.2) is 23.1 Å². The molecule has 0 aromatic heterocycles. The number of hydrogen-bond acceptors (Lipinski definition) is 6. The lowest BCUT2D eigenvalue weighted by atomic mass is 10.2. The van der Waals surface area contributed by atoms with Crippen LogP contribution in [0.4, 0.5) is 5.69 Å². The molecule has 2 saturated heterocycles. The van der Waals surface area contributed by atoms with Gasteiger partial charge in [-0.25, -0.2) is 8.42 Å². The first-order valence-corrected chi connectivity index (χ1v) is 9.53. The van der Waals surface area contributed by atoms with Crippen molar-refractivity contribution in [2.45, 2.75) is 24.3 Å². The number of hydrogen-bond donors (Lipinski definition) is 1. The molecule has 10 heteroatoms. The van der Waals surface area contributed by atoms with Crippen molar-refractivity contribution in [3.63, 3.8) is 0 Å². The number of nitro groups is 1. The van der Waals surface area contributed by atoms with Gasteiger partial charge in [0.2, 0.25) is 10.0 Å².